The summed E-state index contributed by atoms with van der Waals surface area (Å²) in [7, 11) is 0. The first-order valence-corrected chi connectivity index (χ1v) is 6.40. The van der Waals surface area contributed by atoms with E-state index in [-0.39, 0.29) is 24.0 Å². The van der Waals surface area contributed by atoms with Gasteiger partial charge in [0.25, 0.3) is 0 Å². The van der Waals surface area contributed by atoms with Crippen molar-refractivity contribution in [1.29, 1.82) is 0 Å². The highest BCUT2D eigenvalue weighted by molar-refractivity contribution is 5.88. The fraction of sp³-hybridized carbons (Fsp3) is 0.538. The van der Waals surface area contributed by atoms with Crippen LogP contribution >= 0.6 is 0 Å². The van der Waals surface area contributed by atoms with Gasteiger partial charge in [-0.1, -0.05) is 0 Å². The first-order valence-electron chi connectivity index (χ1n) is 6.40. The summed E-state index contributed by atoms with van der Waals surface area (Å²) in [4.78, 5) is 16.7. The molecule has 1 saturated carbocycles. The molecule has 5 nitrogen and oxygen atoms in total. The molecule has 6 heteroatoms. The lowest BCUT2D eigenvalue weighted by Gasteiger charge is -2.38. The van der Waals surface area contributed by atoms with Crippen molar-refractivity contribution in [2.24, 2.45) is 0 Å². The van der Waals surface area contributed by atoms with Gasteiger partial charge in [-0.05, 0) is 31.7 Å². The van der Waals surface area contributed by atoms with Crippen LogP contribution in [-0.2, 0) is 0 Å². The smallest absolute Gasteiger partial charge is 0.338 e. The maximum absolute atomic E-state index is 14.2. The summed E-state index contributed by atoms with van der Waals surface area (Å²) < 4.78 is 14.2. The average Bonchev–Trinajstić information content (AvgIpc) is 2.32. The molecule has 2 N–H and O–H groups in total. The Morgan fingerprint density at radius 3 is 2.79 bits per heavy atom. The number of carbonyl (C=O) groups is 1. The van der Waals surface area contributed by atoms with Crippen molar-refractivity contribution in [3.63, 3.8) is 0 Å². The Kier molecular flexibility index (Phi) is 4.31. The van der Waals surface area contributed by atoms with Gasteiger partial charge in [-0.2, -0.15) is 0 Å². The third-order valence-corrected chi connectivity index (χ3v) is 3.45. The van der Waals surface area contributed by atoms with E-state index in [9.17, 15) is 9.18 Å². The standard InChI is InChI=1S/C13H17FN2O3/c14-11-10(13(18)19)5-6-15-12(11)16(7-2-8-17)9-3-1-4-9/h5-6,9,17H,1-4,7-8H2,(H,18,19). The highest BCUT2D eigenvalue weighted by Crippen LogP contribution is 2.30. The van der Waals surface area contributed by atoms with Gasteiger partial charge in [0.2, 0.25) is 0 Å². The monoisotopic (exact) mass is 268 g/mol. The molecular weight excluding hydrogens is 251 g/mol. The summed E-state index contributed by atoms with van der Waals surface area (Å²) in [5.41, 5.74) is -0.363. The summed E-state index contributed by atoms with van der Waals surface area (Å²) in [5.74, 6) is -2.00. The Bertz CT molecular complexity index is 463. The van der Waals surface area contributed by atoms with E-state index in [4.69, 9.17) is 10.2 Å². The van der Waals surface area contributed by atoms with Crippen LogP contribution in [0.5, 0.6) is 0 Å². The van der Waals surface area contributed by atoms with Gasteiger partial charge in [0.15, 0.2) is 11.6 Å². The SMILES string of the molecule is O=C(O)c1ccnc(N(CCCO)C2CCC2)c1F. The van der Waals surface area contributed by atoms with E-state index in [0.717, 1.165) is 25.3 Å². The molecule has 0 atom stereocenters. The summed E-state index contributed by atoms with van der Waals surface area (Å²) in [5, 5.41) is 17.8. The lowest BCUT2D eigenvalue weighted by molar-refractivity contribution is 0.0691. The topological polar surface area (TPSA) is 73.7 Å². The number of hydrogen-bond donors (Lipinski definition) is 2. The number of aromatic carboxylic acids is 1. The number of carboxylic acid groups (broad SMARTS) is 1. The normalized spacial score (nSPS) is 15.1. The third kappa shape index (κ3) is 2.84. The maximum Gasteiger partial charge on any atom is 0.338 e. The van der Waals surface area contributed by atoms with Gasteiger partial charge in [0, 0.05) is 25.4 Å². The summed E-state index contributed by atoms with van der Waals surface area (Å²) >= 11 is 0. The molecule has 0 aliphatic heterocycles. The average molecular weight is 268 g/mol. The molecule has 0 saturated heterocycles. The van der Waals surface area contributed by atoms with Crippen molar-refractivity contribution in [2.75, 3.05) is 18.1 Å². The Hall–Kier alpha value is -1.69. The fourth-order valence-corrected chi connectivity index (χ4v) is 2.20. The van der Waals surface area contributed by atoms with E-state index in [2.05, 4.69) is 4.98 Å². The number of aliphatic hydroxyl groups is 1. The minimum atomic E-state index is -1.29. The number of hydrogen-bond acceptors (Lipinski definition) is 4. The largest absolute Gasteiger partial charge is 0.478 e. The Morgan fingerprint density at radius 2 is 2.26 bits per heavy atom. The second kappa shape index (κ2) is 5.97. The van der Waals surface area contributed by atoms with Gasteiger partial charge in [-0.25, -0.2) is 14.2 Å². The predicted octanol–water partition coefficient (Wildman–Crippen LogP) is 1.66. The second-order valence-electron chi connectivity index (χ2n) is 4.66. The second-order valence-corrected chi connectivity index (χ2v) is 4.66. The van der Waals surface area contributed by atoms with Gasteiger partial charge in [0.1, 0.15) is 5.56 Å². The van der Waals surface area contributed by atoms with E-state index in [1.807, 2.05) is 0 Å². The fourth-order valence-electron chi connectivity index (χ4n) is 2.20. The van der Waals surface area contributed by atoms with Crippen molar-refractivity contribution in [3.8, 4) is 0 Å². The molecule has 1 aromatic rings. The van der Waals surface area contributed by atoms with Gasteiger partial charge in [-0.3, -0.25) is 0 Å². The van der Waals surface area contributed by atoms with Crippen LogP contribution in [0.15, 0.2) is 12.3 Å². The number of carboxylic acids is 1. The number of nitrogens with zero attached hydrogens (tertiary/aromatic N) is 2. The first kappa shape index (κ1) is 13.7. The molecular formula is C13H17FN2O3. The number of rotatable bonds is 6. The predicted molar refractivity (Wildman–Crippen MR) is 67.8 cm³/mol. The van der Waals surface area contributed by atoms with Crippen LogP contribution in [0.25, 0.3) is 0 Å². The first-order chi connectivity index (χ1) is 9.15. The molecule has 1 aromatic heterocycles. The molecule has 1 aliphatic rings. The number of pyridine rings is 1. The molecule has 0 amide bonds. The Balaban J connectivity index is 2.29. The zero-order valence-corrected chi connectivity index (χ0v) is 10.5. The van der Waals surface area contributed by atoms with Crippen molar-refractivity contribution in [1.82, 2.24) is 4.98 Å². The van der Waals surface area contributed by atoms with E-state index in [0.29, 0.717) is 13.0 Å². The van der Waals surface area contributed by atoms with Crippen LogP contribution in [-0.4, -0.2) is 40.4 Å². The summed E-state index contributed by atoms with van der Waals surface area (Å²) in [6.45, 7) is 0.498. The quantitative estimate of drug-likeness (QED) is 0.820. The minimum Gasteiger partial charge on any atom is -0.478 e. The van der Waals surface area contributed by atoms with Crippen LogP contribution in [0.3, 0.4) is 0 Å². The third-order valence-electron chi connectivity index (χ3n) is 3.45. The Labute approximate surface area is 110 Å². The molecule has 1 aliphatic carbocycles. The highest BCUT2D eigenvalue weighted by atomic mass is 19.1. The summed E-state index contributed by atoms with van der Waals surface area (Å²) in [6.07, 6.45) is 4.80. The van der Waals surface area contributed by atoms with Crippen molar-refractivity contribution in [3.05, 3.63) is 23.6 Å². The number of halogens is 1. The Morgan fingerprint density at radius 1 is 1.53 bits per heavy atom. The minimum absolute atomic E-state index is 0.0173. The number of aromatic nitrogens is 1. The van der Waals surface area contributed by atoms with Crippen molar-refractivity contribution in [2.45, 2.75) is 31.7 Å². The van der Waals surface area contributed by atoms with E-state index >= 15 is 0 Å². The number of anilines is 1. The zero-order valence-electron chi connectivity index (χ0n) is 10.5. The zero-order chi connectivity index (χ0) is 13.8. The lowest BCUT2D eigenvalue weighted by Crippen LogP contribution is -2.42. The van der Waals surface area contributed by atoms with Gasteiger partial charge >= 0.3 is 5.97 Å². The van der Waals surface area contributed by atoms with Crippen molar-refractivity contribution >= 4 is 11.8 Å². The molecule has 2 rings (SSSR count). The van der Waals surface area contributed by atoms with Gasteiger partial charge < -0.3 is 15.1 Å². The number of aliphatic hydroxyl groups excluding tert-OH is 1. The van der Waals surface area contributed by atoms with Crippen LogP contribution < -0.4 is 4.90 Å². The molecule has 0 unspecified atom stereocenters. The van der Waals surface area contributed by atoms with Crippen molar-refractivity contribution < 1.29 is 19.4 Å². The molecule has 0 spiro atoms. The van der Waals surface area contributed by atoms with E-state index in [1.54, 1.807) is 4.90 Å². The van der Waals surface area contributed by atoms with Crippen LogP contribution in [0.4, 0.5) is 10.2 Å². The van der Waals surface area contributed by atoms with Gasteiger partial charge in [0.05, 0.1) is 0 Å². The maximum atomic E-state index is 14.2. The van der Waals surface area contributed by atoms with E-state index in [1.165, 1.54) is 6.20 Å². The van der Waals surface area contributed by atoms with Gasteiger partial charge in [-0.15, -0.1) is 0 Å². The van der Waals surface area contributed by atoms with Crippen LogP contribution in [0.2, 0.25) is 0 Å². The highest BCUT2D eigenvalue weighted by Gasteiger charge is 2.29. The molecule has 1 fully saturated rings. The lowest BCUT2D eigenvalue weighted by atomic mass is 9.91. The molecule has 104 valence electrons. The van der Waals surface area contributed by atoms with Crippen LogP contribution in [0.1, 0.15) is 36.0 Å². The molecule has 1 heterocycles. The summed E-state index contributed by atoms with van der Waals surface area (Å²) in [6, 6.07) is 1.35. The van der Waals surface area contributed by atoms with E-state index < -0.39 is 11.8 Å². The molecule has 0 radical (unpaired) electrons. The molecule has 19 heavy (non-hydrogen) atoms. The molecule has 0 bridgehead atoms. The molecule has 0 aromatic carbocycles. The van der Waals surface area contributed by atoms with Crippen LogP contribution in [0, 0.1) is 5.82 Å².